The minimum atomic E-state index is -0.667. The number of rotatable bonds is 4. The van der Waals surface area contributed by atoms with Gasteiger partial charge in [0.2, 0.25) is 0 Å². The van der Waals surface area contributed by atoms with Crippen LogP contribution in [0.15, 0.2) is 48.0 Å². The van der Waals surface area contributed by atoms with Crippen molar-refractivity contribution in [2.45, 2.75) is 0 Å². The lowest BCUT2D eigenvalue weighted by molar-refractivity contribution is -0.122. The fourth-order valence-corrected chi connectivity index (χ4v) is 2.97. The van der Waals surface area contributed by atoms with E-state index >= 15 is 0 Å². The molecule has 2 aromatic rings. The van der Waals surface area contributed by atoms with Crippen LogP contribution in [0.3, 0.4) is 0 Å². The molecule has 0 radical (unpaired) electrons. The second kappa shape index (κ2) is 7.55. The van der Waals surface area contributed by atoms with E-state index in [0.29, 0.717) is 17.1 Å². The average molecular weight is 386 g/mol. The third-order valence-corrected chi connectivity index (χ3v) is 4.19. The molecule has 1 N–H and O–H groups in total. The van der Waals surface area contributed by atoms with E-state index in [-0.39, 0.29) is 16.4 Å². The summed E-state index contributed by atoms with van der Waals surface area (Å²) < 4.78 is 24.1. The fraction of sp³-hybridized carbons (Fsp3) is 0.105. The lowest BCUT2D eigenvalue weighted by Crippen LogP contribution is -2.54. The Morgan fingerprint density at radius 3 is 2.52 bits per heavy atom. The zero-order valence-electron chi connectivity index (χ0n) is 14.5. The summed E-state index contributed by atoms with van der Waals surface area (Å²) >= 11 is 5.09. The van der Waals surface area contributed by atoms with Gasteiger partial charge in [-0.25, -0.2) is 4.39 Å². The number of carbonyl (C=O) groups excluding carboxylic acids is 2. The van der Waals surface area contributed by atoms with Crippen LogP contribution < -0.4 is 19.7 Å². The highest BCUT2D eigenvalue weighted by molar-refractivity contribution is 7.80. The molecule has 0 atom stereocenters. The minimum Gasteiger partial charge on any atom is -0.493 e. The van der Waals surface area contributed by atoms with Crippen LogP contribution in [0.2, 0.25) is 0 Å². The van der Waals surface area contributed by atoms with Crippen molar-refractivity contribution < 1.29 is 23.5 Å². The molecule has 27 heavy (non-hydrogen) atoms. The third kappa shape index (κ3) is 3.52. The average Bonchev–Trinajstić information content (AvgIpc) is 2.64. The number of amides is 2. The lowest BCUT2D eigenvalue weighted by atomic mass is 10.1. The van der Waals surface area contributed by atoms with E-state index < -0.39 is 17.6 Å². The van der Waals surface area contributed by atoms with Crippen molar-refractivity contribution in [1.29, 1.82) is 0 Å². The topological polar surface area (TPSA) is 67.9 Å². The van der Waals surface area contributed by atoms with E-state index in [4.69, 9.17) is 21.7 Å². The minimum absolute atomic E-state index is 0.120. The van der Waals surface area contributed by atoms with Crippen molar-refractivity contribution in [2.75, 3.05) is 19.1 Å². The fourth-order valence-electron chi connectivity index (χ4n) is 2.69. The maximum absolute atomic E-state index is 13.6. The first-order valence-corrected chi connectivity index (χ1v) is 8.25. The summed E-state index contributed by atoms with van der Waals surface area (Å²) in [6.07, 6.45) is 1.38. The molecule has 0 aromatic heterocycles. The van der Waals surface area contributed by atoms with Gasteiger partial charge in [0.05, 0.1) is 19.9 Å². The van der Waals surface area contributed by atoms with Crippen LogP contribution >= 0.6 is 12.2 Å². The first-order valence-electron chi connectivity index (χ1n) is 7.84. The number of thiocarbonyl (C=S) groups is 1. The molecule has 1 aliphatic rings. The van der Waals surface area contributed by atoms with Gasteiger partial charge in [-0.1, -0.05) is 18.2 Å². The van der Waals surface area contributed by atoms with Gasteiger partial charge in [-0.3, -0.25) is 19.8 Å². The Hall–Kier alpha value is -3.26. The molecule has 138 valence electrons. The molecule has 0 aliphatic carbocycles. The number of anilines is 1. The molecule has 0 bridgehead atoms. The molecule has 6 nitrogen and oxygen atoms in total. The molecule has 1 fully saturated rings. The third-order valence-electron chi connectivity index (χ3n) is 3.90. The monoisotopic (exact) mass is 386 g/mol. The van der Waals surface area contributed by atoms with Crippen LogP contribution in [-0.4, -0.2) is 31.1 Å². The Morgan fingerprint density at radius 1 is 1.11 bits per heavy atom. The summed E-state index contributed by atoms with van der Waals surface area (Å²) in [5.41, 5.74) is 0.523. The summed E-state index contributed by atoms with van der Waals surface area (Å²) in [7, 11) is 2.94. The van der Waals surface area contributed by atoms with Crippen LogP contribution in [0.25, 0.3) is 6.08 Å². The Balaban J connectivity index is 2.08. The van der Waals surface area contributed by atoms with Crippen molar-refractivity contribution in [1.82, 2.24) is 5.32 Å². The largest absolute Gasteiger partial charge is 0.493 e. The smallest absolute Gasteiger partial charge is 0.270 e. The summed E-state index contributed by atoms with van der Waals surface area (Å²) in [5.74, 6) is -1.02. The number of nitrogens with zero attached hydrogens (tertiary/aromatic N) is 1. The van der Waals surface area contributed by atoms with Crippen LogP contribution in [-0.2, 0) is 9.59 Å². The quantitative estimate of drug-likeness (QED) is 0.497. The van der Waals surface area contributed by atoms with Crippen molar-refractivity contribution in [2.24, 2.45) is 0 Å². The highest BCUT2D eigenvalue weighted by Gasteiger charge is 2.34. The summed E-state index contributed by atoms with van der Waals surface area (Å²) in [4.78, 5) is 26.4. The van der Waals surface area contributed by atoms with Gasteiger partial charge in [-0.05, 0) is 42.6 Å². The maximum Gasteiger partial charge on any atom is 0.270 e. The predicted molar refractivity (Wildman–Crippen MR) is 102 cm³/mol. The summed E-state index contributed by atoms with van der Waals surface area (Å²) in [6.45, 7) is 0. The van der Waals surface area contributed by atoms with Gasteiger partial charge in [0.15, 0.2) is 16.6 Å². The standard InChI is InChI=1S/C19H15FN2O4S/c1-25-15-8-3-5-11(16(15)26-2)9-14-17(23)21-19(27)22(18(14)24)13-7-4-6-12(20)10-13/h3-10H,1-2H3,(H,21,23,27)/b14-9+. The molecule has 2 amide bonds. The van der Waals surface area contributed by atoms with Crippen molar-refractivity contribution in [3.63, 3.8) is 0 Å². The van der Waals surface area contributed by atoms with Gasteiger partial charge in [0, 0.05) is 5.56 Å². The zero-order valence-corrected chi connectivity index (χ0v) is 15.3. The van der Waals surface area contributed by atoms with Gasteiger partial charge >= 0.3 is 0 Å². The first-order chi connectivity index (χ1) is 13.0. The molecule has 2 aromatic carbocycles. The van der Waals surface area contributed by atoms with Crippen molar-refractivity contribution in [3.05, 3.63) is 59.4 Å². The molecular formula is C19H15FN2O4S. The van der Waals surface area contributed by atoms with E-state index in [2.05, 4.69) is 5.32 Å². The van der Waals surface area contributed by atoms with Crippen LogP contribution in [0.4, 0.5) is 10.1 Å². The van der Waals surface area contributed by atoms with Gasteiger partial charge < -0.3 is 9.47 Å². The number of benzene rings is 2. The Labute approximate surface area is 160 Å². The van der Waals surface area contributed by atoms with E-state index in [0.717, 1.165) is 11.0 Å². The molecule has 1 saturated heterocycles. The van der Waals surface area contributed by atoms with Crippen molar-refractivity contribution in [3.8, 4) is 11.5 Å². The number of hydrogen-bond donors (Lipinski definition) is 1. The number of hydrogen-bond acceptors (Lipinski definition) is 5. The Bertz CT molecular complexity index is 974. The number of ether oxygens (including phenoxy) is 2. The summed E-state index contributed by atoms with van der Waals surface area (Å²) in [6, 6.07) is 10.4. The molecular weight excluding hydrogens is 371 g/mol. The van der Waals surface area contributed by atoms with E-state index in [1.807, 2.05) is 0 Å². The van der Waals surface area contributed by atoms with E-state index in [9.17, 15) is 14.0 Å². The van der Waals surface area contributed by atoms with E-state index in [1.54, 1.807) is 18.2 Å². The highest BCUT2D eigenvalue weighted by Crippen LogP contribution is 2.33. The predicted octanol–water partition coefficient (Wildman–Crippen LogP) is 2.67. The van der Waals surface area contributed by atoms with Crippen LogP contribution in [0, 0.1) is 5.82 Å². The van der Waals surface area contributed by atoms with Gasteiger partial charge in [-0.15, -0.1) is 0 Å². The van der Waals surface area contributed by atoms with Crippen LogP contribution in [0.5, 0.6) is 11.5 Å². The molecule has 1 aliphatic heterocycles. The molecule has 0 saturated carbocycles. The second-order valence-corrected chi connectivity index (χ2v) is 5.91. The van der Waals surface area contributed by atoms with E-state index in [1.165, 1.54) is 38.5 Å². The molecule has 8 heteroatoms. The molecule has 0 unspecified atom stereocenters. The Kier molecular flexibility index (Phi) is 5.18. The Morgan fingerprint density at radius 2 is 1.85 bits per heavy atom. The number of para-hydroxylation sites is 1. The maximum atomic E-state index is 13.6. The molecule has 0 spiro atoms. The van der Waals surface area contributed by atoms with Crippen molar-refractivity contribution >= 4 is 40.9 Å². The number of methoxy groups -OCH3 is 2. The molecule has 1 heterocycles. The first kappa shape index (κ1) is 18.5. The zero-order chi connectivity index (χ0) is 19.6. The number of carbonyl (C=O) groups is 2. The van der Waals surface area contributed by atoms with Gasteiger partial charge in [-0.2, -0.15) is 0 Å². The highest BCUT2D eigenvalue weighted by atomic mass is 32.1. The van der Waals surface area contributed by atoms with Gasteiger partial charge in [0.25, 0.3) is 11.8 Å². The van der Waals surface area contributed by atoms with Crippen LogP contribution in [0.1, 0.15) is 5.56 Å². The normalized spacial score (nSPS) is 15.7. The number of halogens is 1. The second-order valence-electron chi connectivity index (χ2n) is 5.52. The summed E-state index contributed by atoms with van der Waals surface area (Å²) in [5, 5.41) is 2.33. The SMILES string of the molecule is COc1cccc(/C=C2\C(=O)NC(=S)N(c3cccc(F)c3)C2=O)c1OC. The lowest BCUT2D eigenvalue weighted by Gasteiger charge is -2.29. The van der Waals surface area contributed by atoms with Gasteiger partial charge in [0.1, 0.15) is 11.4 Å². The number of nitrogens with one attached hydrogen (secondary N) is 1. The molecule has 3 rings (SSSR count).